The molecule has 0 spiro atoms. The van der Waals surface area contributed by atoms with Crippen molar-refractivity contribution in [1.29, 1.82) is 0 Å². The molecule has 0 saturated carbocycles. The van der Waals surface area contributed by atoms with Gasteiger partial charge in [0.25, 0.3) is 0 Å². The first kappa shape index (κ1) is 15.9. The third kappa shape index (κ3) is 2.63. The van der Waals surface area contributed by atoms with E-state index in [2.05, 4.69) is 23.0 Å². The predicted molar refractivity (Wildman–Crippen MR) is 88.2 cm³/mol. The zero-order chi connectivity index (χ0) is 17.8. The minimum Gasteiger partial charge on any atom is -0.322 e. The van der Waals surface area contributed by atoms with Gasteiger partial charge in [0.2, 0.25) is 17.8 Å². The summed E-state index contributed by atoms with van der Waals surface area (Å²) >= 11 is 0. The number of aromatic amines is 1. The number of fused-ring (bicyclic) bond motifs is 2. The van der Waals surface area contributed by atoms with Crippen LogP contribution >= 0.6 is 0 Å². The zero-order valence-corrected chi connectivity index (χ0v) is 13.7. The van der Waals surface area contributed by atoms with E-state index in [1.165, 1.54) is 17.5 Å². The van der Waals surface area contributed by atoms with Gasteiger partial charge in [0.15, 0.2) is 0 Å². The molecule has 2 aromatic heterocycles. The molecule has 1 atom stereocenters. The van der Waals surface area contributed by atoms with Gasteiger partial charge in [-0.3, -0.25) is 0 Å². The topological polar surface area (TPSA) is 58.6 Å². The lowest BCUT2D eigenvalue weighted by Gasteiger charge is -2.23. The number of halogens is 3. The molecular formula is C18H18F3N4+. The first-order chi connectivity index (χ1) is 11.8. The summed E-state index contributed by atoms with van der Waals surface area (Å²) in [5.41, 5.74) is 8.87. The number of rotatable bonds is 1. The lowest BCUT2D eigenvalue weighted by Crippen LogP contribution is -2.37. The summed E-state index contributed by atoms with van der Waals surface area (Å²) in [6.07, 6.45) is 0.100. The van der Waals surface area contributed by atoms with E-state index in [0.717, 1.165) is 31.0 Å². The van der Waals surface area contributed by atoms with Crippen molar-refractivity contribution >= 4 is 16.9 Å². The van der Waals surface area contributed by atoms with Crippen LogP contribution in [-0.2, 0) is 19.0 Å². The maximum absolute atomic E-state index is 12.9. The standard InChI is InChI=1S/C18H17F3N4/c1-10-5-6-11-3-2-4-14(12(11)7-10)25-9-23-17-13(16(25)22)8-15(24-17)18(19,20)21/h2-4,8-10H,5-7H2,1H3,(H2,22,24)/p+1/t10-/m0/s1. The van der Waals surface area contributed by atoms with Gasteiger partial charge in [0.05, 0.1) is 0 Å². The molecule has 4 rings (SSSR count). The van der Waals surface area contributed by atoms with E-state index in [4.69, 9.17) is 5.73 Å². The Kier molecular flexibility index (Phi) is 3.49. The molecule has 130 valence electrons. The van der Waals surface area contributed by atoms with E-state index in [-0.39, 0.29) is 16.9 Å². The predicted octanol–water partition coefficient (Wildman–Crippen LogP) is 3.57. The molecule has 1 aromatic carbocycles. The molecule has 0 bridgehead atoms. The molecule has 0 unspecified atom stereocenters. The average molecular weight is 347 g/mol. The number of nitrogens with zero attached hydrogens (tertiary/aromatic N) is 2. The molecule has 3 aromatic rings. The van der Waals surface area contributed by atoms with Gasteiger partial charge >= 0.3 is 6.18 Å². The van der Waals surface area contributed by atoms with E-state index in [1.54, 1.807) is 4.57 Å². The Morgan fingerprint density at radius 2 is 2.12 bits per heavy atom. The molecule has 0 saturated heterocycles. The summed E-state index contributed by atoms with van der Waals surface area (Å²) in [7, 11) is 0. The van der Waals surface area contributed by atoms with Crippen molar-refractivity contribution in [3.05, 3.63) is 47.4 Å². The van der Waals surface area contributed by atoms with Crippen LogP contribution in [0, 0.1) is 5.92 Å². The molecule has 0 radical (unpaired) electrons. The Hall–Kier alpha value is -2.57. The van der Waals surface area contributed by atoms with Crippen LogP contribution in [0.25, 0.3) is 16.7 Å². The summed E-state index contributed by atoms with van der Waals surface area (Å²) in [4.78, 5) is 6.44. The molecule has 2 heterocycles. The number of nitrogens with two attached hydrogens (primary N) is 1. The Morgan fingerprint density at radius 3 is 2.88 bits per heavy atom. The second-order valence-corrected chi connectivity index (χ2v) is 6.71. The van der Waals surface area contributed by atoms with Crippen molar-refractivity contribution in [3.63, 3.8) is 0 Å². The quantitative estimate of drug-likeness (QED) is 0.661. The maximum Gasteiger partial charge on any atom is 0.431 e. The van der Waals surface area contributed by atoms with Crippen molar-refractivity contribution in [2.24, 2.45) is 5.92 Å². The largest absolute Gasteiger partial charge is 0.431 e. The highest BCUT2D eigenvalue weighted by Gasteiger charge is 2.34. The minimum atomic E-state index is -4.46. The monoisotopic (exact) mass is 347 g/mol. The molecular weight excluding hydrogens is 329 g/mol. The van der Waals surface area contributed by atoms with Crippen molar-refractivity contribution in [3.8, 4) is 5.69 Å². The summed E-state index contributed by atoms with van der Waals surface area (Å²) in [5, 5.41) is 0.274. The highest BCUT2D eigenvalue weighted by Crippen LogP contribution is 2.32. The third-order valence-corrected chi connectivity index (χ3v) is 4.91. The fourth-order valence-corrected chi connectivity index (χ4v) is 3.56. The Balaban J connectivity index is 1.90. The third-order valence-electron chi connectivity index (χ3n) is 4.91. The number of aryl methyl sites for hydroxylation is 1. The Bertz CT molecular complexity index is 959. The lowest BCUT2D eigenvalue weighted by atomic mass is 9.84. The number of nitrogens with one attached hydrogen (secondary N) is 1. The Morgan fingerprint density at radius 1 is 1.32 bits per heavy atom. The van der Waals surface area contributed by atoms with Crippen LogP contribution in [0.4, 0.5) is 19.0 Å². The van der Waals surface area contributed by atoms with Gasteiger partial charge in [-0.1, -0.05) is 24.0 Å². The number of alkyl halides is 3. The SMILES string of the molecule is C[C@H]1CCc2cccc(-[n+]3cnc4[nH]c(C(F)(F)F)cc4c3N)c2C1. The van der Waals surface area contributed by atoms with E-state index < -0.39 is 11.9 Å². The number of anilines is 1. The minimum absolute atomic E-state index is 0.138. The highest BCUT2D eigenvalue weighted by molar-refractivity contribution is 5.85. The van der Waals surface area contributed by atoms with E-state index >= 15 is 0 Å². The van der Waals surface area contributed by atoms with Crippen LogP contribution in [0.1, 0.15) is 30.2 Å². The molecule has 25 heavy (non-hydrogen) atoms. The molecule has 0 amide bonds. The fraction of sp³-hybridized carbons (Fsp3) is 0.333. The molecule has 4 nitrogen and oxygen atoms in total. The fourth-order valence-electron chi connectivity index (χ4n) is 3.56. The van der Waals surface area contributed by atoms with Gasteiger partial charge in [0, 0.05) is 0 Å². The van der Waals surface area contributed by atoms with Crippen molar-refractivity contribution in [1.82, 2.24) is 9.97 Å². The summed E-state index contributed by atoms with van der Waals surface area (Å²) in [6, 6.07) is 7.02. The summed E-state index contributed by atoms with van der Waals surface area (Å²) in [6.45, 7) is 2.21. The van der Waals surface area contributed by atoms with E-state index in [0.29, 0.717) is 5.92 Å². The lowest BCUT2D eigenvalue weighted by molar-refractivity contribution is -0.582. The van der Waals surface area contributed by atoms with Gasteiger partial charge < -0.3 is 10.7 Å². The number of hydrogen-bond donors (Lipinski definition) is 2. The van der Waals surface area contributed by atoms with Crippen molar-refractivity contribution < 1.29 is 17.7 Å². The summed E-state index contributed by atoms with van der Waals surface area (Å²) < 4.78 is 40.5. The number of H-pyrrole nitrogens is 1. The molecule has 0 aliphatic heterocycles. The normalized spacial score (nSPS) is 17.7. The zero-order valence-electron chi connectivity index (χ0n) is 13.7. The highest BCUT2D eigenvalue weighted by atomic mass is 19.4. The maximum atomic E-state index is 12.9. The molecule has 1 aliphatic rings. The summed E-state index contributed by atoms with van der Waals surface area (Å²) in [5.74, 6) is 0.819. The first-order valence-corrected chi connectivity index (χ1v) is 8.22. The van der Waals surface area contributed by atoms with Crippen LogP contribution in [-0.4, -0.2) is 9.97 Å². The molecule has 0 fully saturated rings. The number of hydrogen-bond acceptors (Lipinski definition) is 2. The van der Waals surface area contributed by atoms with Gasteiger partial charge in [-0.2, -0.15) is 13.2 Å². The average Bonchev–Trinajstić information content (AvgIpc) is 3.00. The number of benzene rings is 1. The Labute approximate surface area is 142 Å². The van der Waals surface area contributed by atoms with Crippen LogP contribution < -0.4 is 10.3 Å². The van der Waals surface area contributed by atoms with Crippen molar-refractivity contribution in [2.45, 2.75) is 32.4 Å². The molecule has 1 aliphatic carbocycles. The van der Waals surface area contributed by atoms with Crippen LogP contribution in [0.5, 0.6) is 0 Å². The molecule has 7 heteroatoms. The van der Waals surface area contributed by atoms with E-state index in [9.17, 15) is 13.2 Å². The van der Waals surface area contributed by atoms with Crippen molar-refractivity contribution in [2.75, 3.05) is 5.73 Å². The van der Waals surface area contributed by atoms with Gasteiger partial charge in [0.1, 0.15) is 16.8 Å². The second kappa shape index (κ2) is 5.47. The van der Waals surface area contributed by atoms with Gasteiger partial charge in [-0.05, 0) is 48.4 Å². The van der Waals surface area contributed by atoms with Crippen LogP contribution in [0.15, 0.2) is 30.6 Å². The van der Waals surface area contributed by atoms with Gasteiger partial charge in [-0.15, -0.1) is 0 Å². The second-order valence-electron chi connectivity index (χ2n) is 6.71. The smallest absolute Gasteiger partial charge is 0.322 e. The van der Waals surface area contributed by atoms with Crippen LogP contribution in [0.2, 0.25) is 0 Å². The number of nitrogen functional groups attached to an aromatic ring is 1. The van der Waals surface area contributed by atoms with Gasteiger partial charge in [-0.25, -0.2) is 4.57 Å². The number of aromatic nitrogens is 3. The molecule has 3 N–H and O–H groups in total. The van der Waals surface area contributed by atoms with E-state index in [1.807, 2.05) is 12.1 Å². The first-order valence-electron chi connectivity index (χ1n) is 8.22. The van der Waals surface area contributed by atoms with Crippen LogP contribution in [0.3, 0.4) is 0 Å².